The van der Waals surface area contributed by atoms with Gasteiger partial charge in [-0.15, -0.1) is 0 Å². The van der Waals surface area contributed by atoms with Crippen LogP contribution in [0, 0.1) is 28.6 Å². The van der Waals surface area contributed by atoms with Gasteiger partial charge in [0.2, 0.25) is 0 Å². The molecule has 1 saturated heterocycles. The summed E-state index contributed by atoms with van der Waals surface area (Å²) in [6.07, 6.45) is 9.21. The van der Waals surface area contributed by atoms with Gasteiger partial charge in [0.15, 0.2) is 0 Å². The van der Waals surface area contributed by atoms with E-state index in [1.54, 1.807) is 0 Å². The number of hydrogen-bond acceptors (Lipinski definition) is 2. The SMILES string of the molecule is CC1(C)CC2CC(C)(CN2CC#CCC(O)(c2ccccc2)C2CCCC2)C1. The van der Waals surface area contributed by atoms with Crippen molar-refractivity contribution in [3.63, 3.8) is 0 Å². The summed E-state index contributed by atoms with van der Waals surface area (Å²) in [5, 5.41) is 11.6. The quantitative estimate of drug-likeness (QED) is 0.712. The van der Waals surface area contributed by atoms with Crippen LogP contribution in [0.2, 0.25) is 0 Å². The maximum Gasteiger partial charge on any atom is 0.103 e. The molecule has 0 spiro atoms. The molecule has 28 heavy (non-hydrogen) atoms. The number of rotatable bonds is 4. The Bertz CT molecular complexity index is 739. The van der Waals surface area contributed by atoms with Gasteiger partial charge in [0.1, 0.15) is 5.60 Å². The lowest BCUT2D eigenvalue weighted by Gasteiger charge is -2.39. The number of likely N-dealkylation sites (tertiary alicyclic amines) is 1. The number of aliphatic hydroxyl groups is 1. The Morgan fingerprint density at radius 1 is 1.07 bits per heavy atom. The maximum absolute atomic E-state index is 11.6. The molecule has 2 heteroatoms. The highest BCUT2D eigenvalue weighted by atomic mass is 16.3. The molecule has 1 aromatic rings. The largest absolute Gasteiger partial charge is 0.384 e. The summed E-state index contributed by atoms with van der Waals surface area (Å²) in [5.74, 6) is 7.19. The normalized spacial score (nSPS) is 31.9. The zero-order valence-electron chi connectivity index (χ0n) is 18.0. The molecule has 2 aliphatic carbocycles. The number of nitrogens with zero attached hydrogens (tertiary/aromatic N) is 1. The van der Waals surface area contributed by atoms with Crippen LogP contribution in [0.25, 0.3) is 0 Å². The molecular formula is C26H37NO. The summed E-state index contributed by atoms with van der Waals surface area (Å²) in [6.45, 7) is 9.35. The zero-order chi connectivity index (χ0) is 19.8. The molecule has 1 aliphatic heterocycles. The standard InChI is InChI=1S/C26H37NO/c1-24(2)17-23-18-25(3,19-24)20-27(23)16-10-9-15-26(28,22-13-7-8-14-22)21-11-5-4-6-12-21/h4-6,11-12,22-23,28H,7-8,13-20H2,1-3H3. The molecule has 3 fully saturated rings. The second kappa shape index (κ2) is 7.51. The Morgan fingerprint density at radius 3 is 2.50 bits per heavy atom. The van der Waals surface area contributed by atoms with E-state index in [2.05, 4.69) is 49.6 Å². The third-order valence-electron chi connectivity index (χ3n) is 7.59. The number of benzene rings is 1. The Hall–Kier alpha value is -1.30. The summed E-state index contributed by atoms with van der Waals surface area (Å²) in [7, 11) is 0. The van der Waals surface area contributed by atoms with Crippen LogP contribution >= 0.6 is 0 Å². The molecule has 3 atom stereocenters. The molecule has 0 radical (unpaired) electrons. The van der Waals surface area contributed by atoms with Crippen LogP contribution < -0.4 is 0 Å². The first-order valence-corrected chi connectivity index (χ1v) is 11.3. The van der Waals surface area contributed by atoms with Gasteiger partial charge in [-0.25, -0.2) is 0 Å². The van der Waals surface area contributed by atoms with E-state index in [1.807, 2.05) is 18.2 Å². The molecule has 1 heterocycles. The van der Waals surface area contributed by atoms with Crippen LogP contribution in [0.3, 0.4) is 0 Å². The van der Waals surface area contributed by atoms with Crippen LogP contribution in [-0.2, 0) is 5.60 Å². The molecule has 2 bridgehead atoms. The molecule has 1 N–H and O–H groups in total. The summed E-state index contributed by atoms with van der Waals surface area (Å²) in [6, 6.07) is 10.9. The molecule has 2 nitrogen and oxygen atoms in total. The molecule has 152 valence electrons. The van der Waals surface area contributed by atoms with E-state index in [-0.39, 0.29) is 0 Å². The third-order valence-corrected chi connectivity index (χ3v) is 7.59. The van der Waals surface area contributed by atoms with Gasteiger partial charge in [-0.3, -0.25) is 4.90 Å². The highest BCUT2D eigenvalue weighted by molar-refractivity contribution is 5.26. The first-order chi connectivity index (χ1) is 13.3. The monoisotopic (exact) mass is 379 g/mol. The average Bonchev–Trinajstić information content (AvgIpc) is 3.25. The van der Waals surface area contributed by atoms with Crippen LogP contribution in [0.5, 0.6) is 0 Å². The molecule has 0 amide bonds. The van der Waals surface area contributed by atoms with Gasteiger partial charge in [-0.2, -0.15) is 0 Å². The predicted molar refractivity (Wildman–Crippen MR) is 116 cm³/mol. The molecule has 4 rings (SSSR count). The molecule has 2 saturated carbocycles. The van der Waals surface area contributed by atoms with E-state index >= 15 is 0 Å². The van der Waals surface area contributed by atoms with Crippen molar-refractivity contribution in [2.75, 3.05) is 13.1 Å². The van der Waals surface area contributed by atoms with Gasteiger partial charge in [0.05, 0.1) is 6.54 Å². The van der Waals surface area contributed by atoms with E-state index in [4.69, 9.17) is 0 Å². The lowest BCUT2D eigenvalue weighted by molar-refractivity contribution is -0.0173. The van der Waals surface area contributed by atoms with Crippen molar-refractivity contribution in [2.24, 2.45) is 16.7 Å². The minimum Gasteiger partial charge on any atom is -0.384 e. The number of hydrogen-bond donors (Lipinski definition) is 1. The molecule has 3 aliphatic rings. The predicted octanol–water partition coefficient (Wildman–Crippen LogP) is 5.36. The Balaban J connectivity index is 1.44. The molecule has 1 aromatic carbocycles. The molecule has 3 unspecified atom stereocenters. The fraction of sp³-hybridized carbons (Fsp3) is 0.692. The van der Waals surface area contributed by atoms with Gasteiger partial charge >= 0.3 is 0 Å². The second-order valence-corrected chi connectivity index (χ2v) is 10.9. The van der Waals surface area contributed by atoms with Crippen molar-refractivity contribution in [2.45, 2.75) is 83.8 Å². The van der Waals surface area contributed by atoms with Crippen LogP contribution in [0.1, 0.15) is 77.7 Å². The Morgan fingerprint density at radius 2 is 1.79 bits per heavy atom. The molecule has 0 aromatic heterocycles. The van der Waals surface area contributed by atoms with Gasteiger partial charge in [-0.1, -0.05) is 75.8 Å². The lowest BCUT2D eigenvalue weighted by atomic mass is 9.65. The summed E-state index contributed by atoms with van der Waals surface area (Å²) < 4.78 is 0. The van der Waals surface area contributed by atoms with Crippen LogP contribution in [0.15, 0.2) is 30.3 Å². The summed E-state index contributed by atoms with van der Waals surface area (Å²) >= 11 is 0. The van der Waals surface area contributed by atoms with E-state index in [9.17, 15) is 5.11 Å². The van der Waals surface area contributed by atoms with Gasteiger partial charge < -0.3 is 5.11 Å². The van der Waals surface area contributed by atoms with Crippen LogP contribution in [0.4, 0.5) is 0 Å². The minimum atomic E-state index is -0.792. The number of fused-ring (bicyclic) bond motifs is 2. The van der Waals surface area contributed by atoms with Crippen molar-refractivity contribution in [3.8, 4) is 11.8 Å². The summed E-state index contributed by atoms with van der Waals surface area (Å²) in [4.78, 5) is 2.61. The first-order valence-electron chi connectivity index (χ1n) is 11.3. The van der Waals surface area contributed by atoms with Crippen molar-refractivity contribution in [3.05, 3.63) is 35.9 Å². The first kappa shape index (κ1) is 20.0. The van der Waals surface area contributed by atoms with Gasteiger partial charge in [-0.05, 0) is 54.4 Å². The van der Waals surface area contributed by atoms with E-state index in [0.29, 0.717) is 29.2 Å². The maximum atomic E-state index is 11.6. The fourth-order valence-corrected chi connectivity index (χ4v) is 6.73. The van der Waals surface area contributed by atoms with E-state index in [1.165, 1.54) is 38.6 Å². The lowest BCUT2D eigenvalue weighted by Crippen LogP contribution is -2.35. The zero-order valence-corrected chi connectivity index (χ0v) is 18.0. The second-order valence-electron chi connectivity index (χ2n) is 10.9. The fourth-order valence-electron chi connectivity index (χ4n) is 6.73. The van der Waals surface area contributed by atoms with Gasteiger partial charge in [0.25, 0.3) is 0 Å². The van der Waals surface area contributed by atoms with Gasteiger partial charge in [0, 0.05) is 19.0 Å². The Labute approximate surface area is 171 Å². The third kappa shape index (κ3) is 4.03. The van der Waals surface area contributed by atoms with Crippen LogP contribution in [-0.4, -0.2) is 29.1 Å². The van der Waals surface area contributed by atoms with Crippen molar-refractivity contribution in [1.82, 2.24) is 4.90 Å². The van der Waals surface area contributed by atoms with Crippen molar-refractivity contribution in [1.29, 1.82) is 0 Å². The average molecular weight is 380 g/mol. The highest BCUT2D eigenvalue weighted by Crippen LogP contribution is 2.52. The van der Waals surface area contributed by atoms with Crippen molar-refractivity contribution >= 4 is 0 Å². The Kier molecular flexibility index (Phi) is 5.36. The highest BCUT2D eigenvalue weighted by Gasteiger charge is 2.49. The smallest absolute Gasteiger partial charge is 0.103 e. The summed E-state index contributed by atoms with van der Waals surface area (Å²) in [5.41, 5.74) is 1.17. The minimum absolute atomic E-state index is 0.343. The van der Waals surface area contributed by atoms with E-state index < -0.39 is 5.60 Å². The van der Waals surface area contributed by atoms with E-state index in [0.717, 1.165) is 24.9 Å². The molecular weight excluding hydrogens is 342 g/mol. The van der Waals surface area contributed by atoms with Crippen molar-refractivity contribution < 1.29 is 5.11 Å². The topological polar surface area (TPSA) is 23.5 Å².